The normalized spacial score (nSPS) is 17.9. The van der Waals surface area contributed by atoms with Crippen LogP contribution in [0.2, 0.25) is 0 Å². The Morgan fingerprint density at radius 1 is 1.09 bits per heavy atom. The van der Waals surface area contributed by atoms with E-state index in [1.165, 1.54) is 4.90 Å². The van der Waals surface area contributed by atoms with Gasteiger partial charge in [-0.25, -0.2) is 0 Å². The monoisotopic (exact) mass is 479 g/mol. The lowest BCUT2D eigenvalue weighted by Crippen LogP contribution is -2.32. The molecule has 1 fully saturated rings. The van der Waals surface area contributed by atoms with E-state index in [4.69, 9.17) is 9.47 Å². The molecule has 2 aromatic rings. The summed E-state index contributed by atoms with van der Waals surface area (Å²) in [6.45, 7) is 13.5. The summed E-state index contributed by atoms with van der Waals surface area (Å²) in [5.41, 5.74) is 3.23. The molecule has 0 saturated carbocycles. The van der Waals surface area contributed by atoms with Crippen molar-refractivity contribution in [2.45, 2.75) is 53.0 Å². The van der Waals surface area contributed by atoms with Gasteiger partial charge in [-0.05, 0) is 53.1 Å². The van der Waals surface area contributed by atoms with Crippen LogP contribution in [0.3, 0.4) is 0 Å². The molecule has 0 radical (unpaired) electrons. The molecule has 35 heavy (non-hydrogen) atoms. The molecule has 1 N–H and O–H groups in total. The largest absolute Gasteiger partial charge is 0.507 e. The zero-order valence-corrected chi connectivity index (χ0v) is 21.8. The van der Waals surface area contributed by atoms with Gasteiger partial charge in [-0.2, -0.15) is 0 Å². The number of carbonyl (C=O) groups is 2. The SMILES string of the molecule is COCCN1C(=O)C(=O)/C(=C(/O)c2ccc(OCC(C)C)cc2C)[C@H]1c1ccc(C(C)(C)C)cc1. The van der Waals surface area contributed by atoms with Crippen LogP contribution in [0.15, 0.2) is 48.0 Å². The molecule has 0 unspecified atom stereocenters. The maximum absolute atomic E-state index is 13.2. The molecule has 1 atom stereocenters. The molecule has 6 nitrogen and oxygen atoms in total. The van der Waals surface area contributed by atoms with Crippen molar-refractivity contribution in [1.29, 1.82) is 0 Å². The topological polar surface area (TPSA) is 76.1 Å². The van der Waals surface area contributed by atoms with Crippen molar-refractivity contribution in [2.75, 3.05) is 26.9 Å². The van der Waals surface area contributed by atoms with Crippen LogP contribution in [0, 0.1) is 12.8 Å². The number of ketones is 1. The first-order valence-corrected chi connectivity index (χ1v) is 12.1. The molecule has 1 saturated heterocycles. The van der Waals surface area contributed by atoms with Crippen molar-refractivity contribution in [3.05, 3.63) is 70.3 Å². The van der Waals surface area contributed by atoms with Gasteiger partial charge in [0.1, 0.15) is 11.5 Å². The highest BCUT2D eigenvalue weighted by Gasteiger charge is 2.46. The van der Waals surface area contributed by atoms with E-state index >= 15 is 0 Å². The van der Waals surface area contributed by atoms with Gasteiger partial charge in [-0.1, -0.05) is 58.9 Å². The van der Waals surface area contributed by atoms with Gasteiger partial charge in [0.2, 0.25) is 0 Å². The van der Waals surface area contributed by atoms with Gasteiger partial charge in [-0.3, -0.25) is 9.59 Å². The number of amides is 1. The number of likely N-dealkylation sites (tertiary alicyclic amines) is 1. The van der Waals surface area contributed by atoms with Gasteiger partial charge in [0, 0.05) is 19.2 Å². The summed E-state index contributed by atoms with van der Waals surface area (Å²) in [6, 6.07) is 12.5. The smallest absolute Gasteiger partial charge is 0.295 e. The Bertz CT molecular complexity index is 1110. The minimum atomic E-state index is -0.699. The minimum Gasteiger partial charge on any atom is -0.507 e. The van der Waals surface area contributed by atoms with Crippen molar-refractivity contribution >= 4 is 17.4 Å². The van der Waals surface area contributed by atoms with Crippen molar-refractivity contribution in [3.8, 4) is 5.75 Å². The standard InChI is InChI=1S/C29H37NO5/c1-18(2)17-35-22-12-13-23(19(3)16-22)26(31)24-25(30(14-15-34-7)28(33)27(24)32)20-8-10-21(11-9-20)29(4,5)6/h8-13,16,18,25,31H,14-15,17H2,1-7H3/b26-24+/t25-/m1/s1. The Hall–Kier alpha value is -3.12. The van der Waals surface area contributed by atoms with Crippen LogP contribution in [0.5, 0.6) is 5.75 Å². The molecule has 1 amide bonds. The summed E-state index contributed by atoms with van der Waals surface area (Å²) in [7, 11) is 1.55. The van der Waals surface area contributed by atoms with Crippen molar-refractivity contribution in [1.82, 2.24) is 4.90 Å². The number of carbonyl (C=O) groups excluding carboxylic acids is 2. The molecule has 0 aliphatic carbocycles. The fourth-order valence-electron chi connectivity index (χ4n) is 4.21. The summed E-state index contributed by atoms with van der Waals surface area (Å²) in [6.07, 6.45) is 0. The molecule has 1 aliphatic rings. The Morgan fingerprint density at radius 2 is 1.74 bits per heavy atom. The van der Waals surface area contributed by atoms with E-state index in [0.717, 1.165) is 16.7 Å². The maximum atomic E-state index is 13.2. The first-order valence-electron chi connectivity index (χ1n) is 12.1. The zero-order valence-electron chi connectivity index (χ0n) is 21.8. The van der Waals surface area contributed by atoms with Gasteiger partial charge in [-0.15, -0.1) is 0 Å². The molecule has 0 bridgehead atoms. The van der Waals surface area contributed by atoms with Crippen LogP contribution < -0.4 is 4.74 Å². The number of ether oxygens (including phenoxy) is 2. The number of aliphatic hydroxyl groups excluding tert-OH is 1. The second kappa shape index (κ2) is 10.6. The highest BCUT2D eigenvalue weighted by atomic mass is 16.5. The van der Waals surface area contributed by atoms with Crippen molar-refractivity contribution in [2.24, 2.45) is 5.92 Å². The lowest BCUT2D eigenvalue weighted by atomic mass is 9.85. The number of methoxy groups -OCH3 is 1. The molecule has 2 aromatic carbocycles. The third-order valence-electron chi connectivity index (χ3n) is 6.21. The van der Waals surface area contributed by atoms with Crippen molar-refractivity contribution in [3.63, 3.8) is 0 Å². The van der Waals surface area contributed by atoms with Crippen LogP contribution in [-0.2, 0) is 19.7 Å². The number of benzene rings is 2. The second-order valence-electron chi connectivity index (χ2n) is 10.5. The third kappa shape index (κ3) is 5.76. The molecule has 1 aliphatic heterocycles. The molecule has 3 rings (SSSR count). The van der Waals surface area contributed by atoms with E-state index in [1.54, 1.807) is 19.2 Å². The fourth-order valence-corrected chi connectivity index (χ4v) is 4.21. The predicted molar refractivity (Wildman–Crippen MR) is 138 cm³/mol. The van der Waals surface area contributed by atoms with Crippen LogP contribution in [0.1, 0.15) is 62.9 Å². The van der Waals surface area contributed by atoms with Gasteiger partial charge in [0.25, 0.3) is 11.7 Å². The number of hydrogen-bond acceptors (Lipinski definition) is 5. The maximum Gasteiger partial charge on any atom is 0.295 e. The summed E-state index contributed by atoms with van der Waals surface area (Å²) in [5, 5.41) is 11.4. The third-order valence-corrected chi connectivity index (χ3v) is 6.21. The summed E-state index contributed by atoms with van der Waals surface area (Å²) >= 11 is 0. The van der Waals surface area contributed by atoms with E-state index in [1.807, 2.05) is 37.3 Å². The van der Waals surface area contributed by atoms with E-state index in [-0.39, 0.29) is 29.9 Å². The Balaban J connectivity index is 2.09. The average Bonchev–Trinajstić information content (AvgIpc) is 3.05. The van der Waals surface area contributed by atoms with Gasteiger partial charge >= 0.3 is 0 Å². The summed E-state index contributed by atoms with van der Waals surface area (Å²) in [5.74, 6) is -0.425. The van der Waals surface area contributed by atoms with Gasteiger partial charge < -0.3 is 19.5 Å². The Morgan fingerprint density at radius 3 is 2.29 bits per heavy atom. The first kappa shape index (κ1) is 26.5. The molecule has 0 spiro atoms. The van der Waals surface area contributed by atoms with Crippen molar-refractivity contribution < 1.29 is 24.2 Å². The molecule has 1 heterocycles. The highest BCUT2D eigenvalue weighted by molar-refractivity contribution is 6.46. The zero-order chi connectivity index (χ0) is 25.9. The fraction of sp³-hybridized carbons (Fsp3) is 0.448. The van der Waals surface area contributed by atoms with Crippen LogP contribution in [-0.4, -0.2) is 48.6 Å². The minimum absolute atomic E-state index is 0.0348. The number of hydrogen-bond donors (Lipinski definition) is 1. The Labute approximate surface area is 208 Å². The lowest BCUT2D eigenvalue weighted by Gasteiger charge is -2.26. The number of nitrogens with zero attached hydrogens (tertiary/aromatic N) is 1. The number of Topliss-reactive ketones (excluding diaryl/α,β-unsaturated/α-hetero) is 1. The summed E-state index contributed by atoms with van der Waals surface area (Å²) < 4.78 is 11.0. The molecular weight excluding hydrogens is 442 g/mol. The second-order valence-corrected chi connectivity index (χ2v) is 10.5. The number of aryl methyl sites for hydroxylation is 1. The quantitative estimate of drug-likeness (QED) is 0.312. The number of rotatable bonds is 8. The van der Waals surface area contributed by atoms with E-state index in [0.29, 0.717) is 23.8 Å². The van der Waals surface area contributed by atoms with Gasteiger partial charge in [0.15, 0.2) is 0 Å². The summed E-state index contributed by atoms with van der Waals surface area (Å²) in [4.78, 5) is 27.7. The average molecular weight is 480 g/mol. The molecule has 0 aromatic heterocycles. The van der Waals surface area contributed by atoms with E-state index in [9.17, 15) is 14.7 Å². The number of aliphatic hydroxyl groups is 1. The lowest BCUT2D eigenvalue weighted by molar-refractivity contribution is -0.140. The predicted octanol–water partition coefficient (Wildman–Crippen LogP) is 5.40. The molecule has 6 heteroatoms. The van der Waals surface area contributed by atoms with Crippen LogP contribution >= 0.6 is 0 Å². The van der Waals surface area contributed by atoms with Crippen LogP contribution in [0.25, 0.3) is 5.76 Å². The van der Waals surface area contributed by atoms with E-state index < -0.39 is 17.7 Å². The van der Waals surface area contributed by atoms with Gasteiger partial charge in [0.05, 0.1) is 24.8 Å². The molecular formula is C29H37NO5. The molecule has 188 valence electrons. The van der Waals surface area contributed by atoms with E-state index in [2.05, 4.69) is 34.6 Å². The first-order chi connectivity index (χ1) is 16.5. The van der Waals surface area contributed by atoms with Crippen LogP contribution in [0.4, 0.5) is 0 Å². The highest BCUT2D eigenvalue weighted by Crippen LogP contribution is 2.40. The Kier molecular flexibility index (Phi) is 8.06.